The van der Waals surface area contributed by atoms with Gasteiger partial charge >= 0.3 is 0 Å². The van der Waals surface area contributed by atoms with Crippen LogP contribution in [0.25, 0.3) is 0 Å². The van der Waals surface area contributed by atoms with E-state index in [1.54, 1.807) is 17.0 Å². The monoisotopic (exact) mass is 396 g/mol. The zero-order valence-corrected chi connectivity index (χ0v) is 16.5. The zero-order valence-electron chi connectivity index (χ0n) is 14.9. The molecule has 0 spiro atoms. The maximum atomic E-state index is 12.6. The van der Waals surface area contributed by atoms with Crippen molar-refractivity contribution < 1.29 is 18.0 Å². The lowest BCUT2D eigenvalue weighted by atomic mass is 10.1. The van der Waals surface area contributed by atoms with E-state index < -0.39 is 9.84 Å². The molecule has 142 valence electrons. The van der Waals surface area contributed by atoms with Crippen LogP contribution in [0, 0.1) is 5.92 Å². The summed E-state index contributed by atoms with van der Waals surface area (Å²) < 4.78 is 25.3. The summed E-state index contributed by atoms with van der Waals surface area (Å²) in [7, 11) is -3.58. The smallest absolute Gasteiger partial charge is 0.228 e. The minimum absolute atomic E-state index is 0.00242. The topological polar surface area (TPSA) is 83.6 Å². The van der Waals surface area contributed by atoms with Gasteiger partial charge in [-0.15, -0.1) is 11.8 Å². The van der Waals surface area contributed by atoms with E-state index in [-0.39, 0.29) is 34.8 Å². The van der Waals surface area contributed by atoms with Gasteiger partial charge in [0.25, 0.3) is 0 Å². The molecule has 0 bridgehead atoms. The number of hydrogen-bond acceptors (Lipinski definition) is 5. The first-order valence-corrected chi connectivity index (χ1v) is 11.6. The van der Waals surface area contributed by atoms with Crippen molar-refractivity contribution in [1.82, 2.24) is 4.90 Å². The fraction of sp³-hybridized carbons (Fsp3) is 0.556. The highest BCUT2D eigenvalue weighted by atomic mass is 32.2. The zero-order chi connectivity index (χ0) is 18.7. The van der Waals surface area contributed by atoms with Crippen LogP contribution in [0.4, 0.5) is 5.69 Å². The van der Waals surface area contributed by atoms with Crippen molar-refractivity contribution in [1.29, 1.82) is 0 Å². The van der Waals surface area contributed by atoms with Crippen LogP contribution < -0.4 is 5.32 Å². The van der Waals surface area contributed by atoms with Crippen LogP contribution in [0.3, 0.4) is 0 Å². The molecular formula is C18H24N2O4S2. The number of hydrogen-bond donors (Lipinski definition) is 1. The summed E-state index contributed by atoms with van der Waals surface area (Å²) in [6.45, 7) is 3.29. The Labute approximate surface area is 158 Å². The molecule has 1 N–H and O–H groups in total. The lowest BCUT2D eigenvalue weighted by Gasteiger charge is -2.26. The first kappa shape index (κ1) is 19.2. The SMILES string of the molecule is C[C@H]1CSc2ccc(S(=O)(=O)CCC(=O)N3CCCCC3)cc2NC1=O. The van der Waals surface area contributed by atoms with Crippen molar-refractivity contribution in [3.8, 4) is 0 Å². The van der Waals surface area contributed by atoms with Gasteiger partial charge in [-0.2, -0.15) is 0 Å². The van der Waals surface area contributed by atoms with Crippen molar-refractivity contribution in [2.75, 3.05) is 29.9 Å². The first-order chi connectivity index (χ1) is 12.4. The van der Waals surface area contributed by atoms with Gasteiger partial charge in [-0.05, 0) is 37.5 Å². The molecule has 0 aliphatic carbocycles. The average molecular weight is 397 g/mol. The van der Waals surface area contributed by atoms with Crippen LogP contribution in [0.15, 0.2) is 28.0 Å². The first-order valence-electron chi connectivity index (χ1n) is 8.95. The third kappa shape index (κ3) is 4.40. The molecule has 2 heterocycles. The lowest BCUT2D eigenvalue weighted by Crippen LogP contribution is -2.36. The van der Waals surface area contributed by atoms with Crippen LogP contribution in [0.1, 0.15) is 32.6 Å². The number of thioether (sulfide) groups is 1. The van der Waals surface area contributed by atoms with Gasteiger partial charge in [0, 0.05) is 36.1 Å². The Balaban J connectivity index is 1.70. The number of carbonyl (C=O) groups excluding carboxylic acids is 2. The minimum atomic E-state index is -3.58. The van der Waals surface area contributed by atoms with E-state index in [2.05, 4.69) is 5.32 Å². The molecule has 2 aliphatic heterocycles. The fourth-order valence-corrected chi connectivity index (χ4v) is 5.38. The second-order valence-electron chi connectivity index (χ2n) is 6.87. The Morgan fingerprint density at radius 1 is 1.27 bits per heavy atom. The van der Waals surface area contributed by atoms with Gasteiger partial charge in [-0.3, -0.25) is 9.59 Å². The predicted octanol–water partition coefficient (Wildman–Crippen LogP) is 2.54. The summed E-state index contributed by atoms with van der Waals surface area (Å²) in [4.78, 5) is 27.0. The Morgan fingerprint density at radius 2 is 2.00 bits per heavy atom. The molecular weight excluding hydrogens is 372 g/mol. The van der Waals surface area contributed by atoms with Crippen molar-refractivity contribution in [2.24, 2.45) is 5.92 Å². The largest absolute Gasteiger partial charge is 0.343 e. The predicted molar refractivity (Wildman–Crippen MR) is 102 cm³/mol. The molecule has 0 aromatic heterocycles. The summed E-state index contributed by atoms with van der Waals surface area (Å²) in [5.41, 5.74) is 0.535. The second-order valence-corrected chi connectivity index (χ2v) is 10.0. The second kappa shape index (κ2) is 8.00. The summed E-state index contributed by atoms with van der Waals surface area (Å²) >= 11 is 1.54. The summed E-state index contributed by atoms with van der Waals surface area (Å²) in [5.74, 6) is 0.120. The highest BCUT2D eigenvalue weighted by molar-refractivity contribution is 7.99. The number of nitrogens with one attached hydrogen (secondary N) is 1. The van der Waals surface area contributed by atoms with Gasteiger partial charge in [0.05, 0.1) is 16.3 Å². The molecule has 1 fully saturated rings. The molecule has 1 aromatic rings. The number of piperidine rings is 1. The quantitative estimate of drug-likeness (QED) is 0.846. The van der Waals surface area contributed by atoms with Gasteiger partial charge in [0.15, 0.2) is 9.84 Å². The molecule has 0 saturated carbocycles. The van der Waals surface area contributed by atoms with E-state index >= 15 is 0 Å². The van der Waals surface area contributed by atoms with Gasteiger partial charge in [0.2, 0.25) is 11.8 Å². The van der Waals surface area contributed by atoms with Crippen molar-refractivity contribution >= 4 is 39.1 Å². The van der Waals surface area contributed by atoms with Gasteiger partial charge in [0.1, 0.15) is 0 Å². The van der Waals surface area contributed by atoms with E-state index in [0.717, 1.165) is 37.2 Å². The van der Waals surface area contributed by atoms with Gasteiger partial charge in [-0.1, -0.05) is 6.92 Å². The maximum absolute atomic E-state index is 12.6. The molecule has 6 nitrogen and oxygen atoms in total. The average Bonchev–Trinajstić information content (AvgIpc) is 2.78. The molecule has 1 saturated heterocycles. The lowest BCUT2D eigenvalue weighted by molar-refractivity contribution is -0.131. The highest BCUT2D eigenvalue weighted by Gasteiger charge is 2.24. The van der Waals surface area contributed by atoms with E-state index in [4.69, 9.17) is 0 Å². The number of rotatable bonds is 4. The van der Waals surface area contributed by atoms with Crippen LogP contribution in [-0.2, 0) is 19.4 Å². The fourth-order valence-electron chi connectivity index (χ4n) is 3.11. The minimum Gasteiger partial charge on any atom is -0.343 e. The van der Waals surface area contributed by atoms with E-state index in [1.807, 2.05) is 6.92 Å². The van der Waals surface area contributed by atoms with Crippen LogP contribution >= 0.6 is 11.8 Å². The van der Waals surface area contributed by atoms with Crippen LogP contribution in [-0.4, -0.2) is 49.7 Å². The molecule has 8 heteroatoms. The summed E-state index contributed by atoms with van der Waals surface area (Å²) in [6.07, 6.45) is 3.09. The standard InChI is InChI=1S/C18H24N2O4S2/c1-13-12-25-16-6-5-14(11-15(16)19-18(13)22)26(23,24)10-7-17(21)20-8-3-2-4-9-20/h5-6,11,13H,2-4,7-10,12H2,1H3,(H,19,22)/t13-/m0/s1. The third-order valence-corrected chi connectivity index (χ3v) is 7.85. The molecule has 0 unspecified atom stereocenters. The van der Waals surface area contributed by atoms with Crippen molar-refractivity contribution in [3.05, 3.63) is 18.2 Å². The molecule has 1 atom stereocenters. The number of likely N-dealkylation sites (tertiary alicyclic amines) is 1. The Hall–Kier alpha value is -1.54. The normalized spacial score (nSPS) is 20.9. The molecule has 0 radical (unpaired) electrons. The number of nitrogens with zero attached hydrogens (tertiary/aromatic N) is 1. The molecule has 2 amide bonds. The van der Waals surface area contributed by atoms with Gasteiger partial charge < -0.3 is 10.2 Å². The Kier molecular flexibility index (Phi) is 5.92. The summed E-state index contributed by atoms with van der Waals surface area (Å²) in [6, 6.07) is 4.81. The van der Waals surface area contributed by atoms with Crippen molar-refractivity contribution in [2.45, 2.75) is 42.4 Å². The molecule has 2 aliphatic rings. The van der Waals surface area contributed by atoms with E-state index in [9.17, 15) is 18.0 Å². The number of sulfone groups is 1. The molecule has 3 rings (SSSR count). The maximum Gasteiger partial charge on any atom is 0.228 e. The van der Waals surface area contributed by atoms with Gasteiger partial charge in [-0.25, -0.2) is 8.42 Å². The van der Waals surface area contributed by atoms with Crippen LogP contribution in [0.2, 0.25) is 0 Å². The van der Waals surface area contributed by atoms with Crippen molar-refractivity contribution in [3.63, 3.8) is 0 Å². The third-order valence-electron chi connectivity index (χ3n) is 4.80. The number of amides is 2. The Morgan fingerprint density at radius 3 is 2.73 bits per heavy atom. The number of carbonyl (C=O) groups is 2. The molecule has 26 heavy (non-hydrogen) atoms. The Bertz CT molecular complexity index is 801. The highest BCUT2D eigenvalue weighted by Crippen LogP contribution is 2.34. The summed E-state index contributed by atoms with van der Waals surface area (Å²) in [5, 5.41) is 2.80. The van der Waals surface area contributed by atoms with E-state index in [1.165, 1.54) is 17.8 Å². The number of benzene rings is 1. The molecule has 1 aromatic carbocycles. The number of fused-ring (bicyclic) bond motifs is 1. The van der Waals surface area contributed by atoms with Crippen LogP contribution in [0.5, 0.6) is 0 Å². The van der Waals surface area contributed by atoms with E-state index in [0.29, 0.717) is 11.4 Å². The number of anilines is 1.